The molecule has 0 amide bonds. The number of allylic oxidation sites excluding steroid dienone is 3. The Labute approximate surface area is 214 Å². The molecule has 1 aliphatic carbocycles. The highest BCUT2D eigenvalue weighted by Crippen LogP contribution is 2.47. The standard InChI is InChI=1S/C28H30BrNO5/c1-16-24(27(32)34-5)25(26-20(30-16)13-28(2,3)14-21(26)31)17-10-11-22(33-4)18(12-17)15-35-23-9-7-6-8-19(23)29/h6-12,25,30H,13-15H2,1-5H3/t25-/m0/s1. The van der Waals surface area contributed by atoms with Gasteiger partial charge in [0.1, 0.15) is 18.1 Å². The topological polar surface area (TPSA) is 73.9 Å². The van der Waals surface area contributed by atoms with Crippen molar-refractivity contribution in [3.8, 4) is 11.5 Å². The Bertz CT molecular complexity index is 1240. The van der Waals surface area contributed by atoms with E-state index in [9.17, 15) is 9.59 Å². The molecule has 7 heteroatoms. The molecule has 6 nitrogen and oxygen atoms in total. The van der Waals surface area contributed by atoms with Gasteiger partial charge < -0.3 is 19.5 Å². The number of benzene rings is 2. The summed E-state index contributed by atoms with van der Waals surface area (Å²) in [5.41, 5.74) is 4.14. The summed E-state index contributed by atoms with van der Waals surface area (Å²) in [6.07, 6.45) is 1.15. The molecule has 2 aliphatic rings. The third-order valence-corrected chi connectivity index (χ3v) is 7.16. The van der Waals surface area contributed by atoms with Crippen LogP contribution in [0.25, 0.3) is 0 Å². The molecular weight excluding hydrogens is 510 g/mol. The summed E-state index contributed by atoms with van der Waals surface area (Å²) in [6.45, 7) is 6.29. The highest BCUT2D eigenvalue weighted by molar-refractivity contribution is 9.10. The molecule has 0 saturated carbocycles. The van der Waals surface area contributed by atoms with Gasteiger partial charge in [-0.05, 0) is 64.5 Å². The third kappa shape index (κ3) is 5.01. The molecule has 0 fully saturated rings. The minimum absolute atomic E-state index is 0.0458. The number of carbonyl (C=O) groups excluding carboxylic acids is 2. The van der Waals surface area contributed by atoms with E-state index >= 15 is 0 Å². The van der Waals surface area contributed by atoms with Crippen LogP contribution >= 0.6 is 15.9 Å². The average molecular weight is 540 g/mol. The van der Waals surface area contributed by atoms with Gasteiger partial charge in [-0.2, -0.15) is 0 Å². The molecule has 0 bridgehead atoms. The van der Waals surface area contributed by atoms with E-state index in [1.165, 1.54) is 7.11 Å². The molecule has 0 saturated heterocycles. The first kappa shape index (κ1) is 25.0. The number of rotatable bonds is 6. The van der Waals surface area contributed by atoms with Crippen LogP contribution in [0.15, 0.2) is 69.5 Å². The summed E-state index contributed by atoms with van der Waals surface area (Å²) in [5.74, 6) is 0.439. The van der Waals surface area contributed by atoms with Gasteiger partial charge in [-0.25, -0.2) is 4.79 Å². The lowest BCUT2D eigenvalue weighted by molar-refractivity contribution is -0.136. The van der Waals surface area contributed by atoms with Crippen LogP contribution in [0.1, 0.15) is 50.7 Å². The fourth-order valence-electron chi connectivity index (χ4n) is 4.96. The summed E-state index contributed by atoms with van der Waals surface area (Å²) in [7, 11) is 2.97. The van der Waals surface area contributed by atoms with Gasteiger partial charge in [-0.3, -0.25) is 4.79 Å². The maximum atomic E-state index is 13.4. The normalized spacial score (nSPS) is 19.1. The average Bonchev–Trinajstić information content (AvgIpc) is 2.81. The van der Waals surface area contributed by atoms with Gasteiger partial charge in [0, 0.05) is 34.9 Å². The van der Waals surface area contributed by atoms with Gasteiger partial charge in [0.05, 0.1) is 24.3 Å². The number of hydrogen-bond donors (Lipinski definition) is 1. The zero-order valence-corrected chi connectivity index (χ0v) is 22.2. The third-order valence-electron chi connectivity index (χ3n) is 6.50. The van der Waals surface area contributed by atoms with E-state index in [2.05, 4.69) is 35.1 Å². The van der Waals surface area contributed by atoms with Crippen molar-refractivity contribution in [2.75, 3.05) is 14.2 Å². The number of nitrogens with one attached hydrogen (secondary N) is 1. The molecule has 1 aliphatic heterocycles. The Balaban J connectivity index is 1.80. The lowest BCUT2D eigenvalue weighted by atomic mass is 9.68. The molecule has 184 valence electrons. The fraction of sp³-hybridized carbons (Fsp3) is 0.357. The number of halogens is 1. The first-order chi connectivity index (χ1) is 16.6. The number of carbonyl (C=O) groups is 2. The monoisotopic (exact) mass is 539 g/mol. The van der Waals surface area contributed by atoms with Crippen molar-refractivity contribution in [1.82, 2.24) is 5.32 Å². The first-order valence-electron chi connectivity index (χ1n) is 11.5. The molecule has 0 radical (unpaired) electrons. The molecule has 2 aromatic carbocycles. The molecule has 0 spiro atoms. The van der Waals surface area contributed by atoms with Gasteiger partial charge in [0.15, 0.2) is 5.78 Å². The Morgan fingerprint density at radius 2 is 1.86 bits per heavy atom. The van der Waals surface area contributed by atoms with E-state index in [1.54, 1.807) is 7.11 Å². The maximum absolute atomic E-state index is 13.4. The van der Waals surface area contributed by atoms with E-state index in [4.69, 9.17) is 14.2 Å². The lowest BCUT2D eigenvalue weighted by Crippen LogP contribution is -2.38. The number of para-hydroxylation sites is 1. The molecule has 4 rings (SSSR count). The van der Waals surface area contributed by atoms with Crippen molar-refractivity contribution < 1.29 is 23.8 Å². The SMILES string of the molecule is COC(=O)C1=C(C)NC2=C(C(=O)CC(C)(C)C2)[C@H]1c1ccc(OC)c(COc2ccccc2Br)c1. The zero-order chi connectivity index (χ0) is 25.3. The smallest absolute Gasteiger partial charge is 0.336 e. The molecule has 0 aromatic heterocycles. The predicted octanol–water partition coefficient (Wildman–Crippen LogP) is 5.81. The summed E-state index contributed by atoms with van der Waals surface area (Å²) in [6, 6.07) is 13.4. The second kappa shape index (κ2) is 9.90. The minimum atomic E-state index is -0.532. The van der Waals surface area contributed by atoms with Crippen LogP contribution < -0.4 is 14.8 Å². The molecule has 35 heavy (non-hydrogen) atoms. The van der Waals surface area contributed by atoms with Gasteiger partial charge in [0.2, 0.25) is 0 Å². The quantitative estimate of drug-likeness (QED) is 0.466. The van der Waals surface area contributed by atoms with Crippen molar-refractivity contribution in [3.63, 3.8) is 0 Å². The molecule has 0 unspecified atom stereocenters. The van der Waals surface area contributed by atoms with Crippen LogP contribution in [0.3, 0.4) is 0 Å². The largest absolute Gasteiger partial charge is 0.496 e. The lowest BCUT2D eigenvalue weighted by Gasteiger charge is -2.39. The summed E-state index contributed by atoms with van der Waals surface area (Å²) in [4.78, 5) is 26.3. The molecule has 1 atom stereocenters. The first-order valence-corrected chi connectivity index (χ1v) is 12.3. The van der Waals surface area contributed by atoms with Crippen molar-refractivity contribution in [2.24, 2.45) is 5.41 Å². The van der Waals surface area contributed by atoms with Crippen LogP contribution in [0.5, 0.6) is 11.5 Å². The van der Waals surface area contributed by atoms with Crippen LogP contribution in [0, 0.1) is 5.41 Å². The van der Waals surface area contributed by atoms with Crippen molar-refractivity contribution in [2.45, 2.75) is 46.1 Å². The van der Waals surface area contributed by atoms with Crippen LogP contribution in [-0.4, -0.2) is 26.0 Å². The van der Waals surface area contributed by atoms with Crippen molar-refractivity contribution >= 4 is 27.7 Å². The summed E-state index contributed by atoms with van der Waals surface area (Å²) < 4.78 is 17.6. The summed E-state index contributed by atoms with van der Waals surface area (Å²) in [5, 5.41) is 3.34. The molecular formula is C28H30BrNO5. The predicted molar refractivity (Wildman–Crippen MR) is 137 cm³/mol. The second-order valence-electron chi connectivity index (χ2n) is 9.71. The van der Waals surface area contributed by atoms with Gasteiger partial charge in [-0.15, -0.1) is 0 Å². The number of Topliss-reactive ketones (excluding diaryl/α,β-unsaturated/α-hetero) is 1. The van der Waals surface area contributed by atoms with Gasteiger partial charge >= 0.3 is 5.97 Å². The Morgan fingerprint density at radius 3 is 2.54 bits per heavy atom. The Morgan fingerprint density at radius 1 is 1.11 bits per heavy atom. The number of dihydropyridines is 1. The molecule has 1 N–H and O–H groups in total. The minimum Gasteiger partial charge on any atom is -0.496 e. The van der Waals surface area contributed by atoms with Gasteiger partial charge in [0.25, 0.3) is 0 Å². The highest BCUT2D eigenvalue weighted by Gasteiger charge is 2.43. The van der Waals surface area contributed by atoms with Crippen molar-refractivity contribution in [1.29, 1.82) is 0 Å². The van der Waals surface area contributed by atoms with Crippen molar-refractivity contribution in [3.05, 3.63) is 80.6 Å². The van der Waals surface area contributed by atoms with E-state index in [-0.39, 0.29) is 17.8 Å². The van der Waals surface area contributed by atoms with E-state index < -0.39 is 11.9 Å². The summed E-state index contributed by atoms with van der Waals surface area (Å²) >= 11 is 3.51. The number of ketones is 1. The van der Waals surface area contributed by atoms with Crippen LogP contribution in [-0.2, 0) is 20.9 Å². The van der Waals surface area contributed by atoms with Gasteiger partial charge in [-0.1, -0.05) is 32.0 Å². The van der Waals surface area contributed by atoms with Crippen LogP contribution in [0.2, 0.25) is 0 Å². The Kier molecular flexibility index (Phi) is 7.08. The second-order valence-corrected chi connectivity index (χ2v) is 10.6. The number of ether oxygens (including phenoxy) is 3. The fourth-order valence-corrected chi connectivity index (χ4v) is 5.36. The number of methoxy groups -OCH3 is 2. The molecule has 1 heterocycles. The van der Waals surface area contributed by atoms with Crippen LogP contribution in [0.4, 0.5) is 0 Å². The number of hydrogen-bond acceptors (Lipinski definition) is 6. The maximum Gasteiger partial charge on any atom is 0.336 e. The highest BCUT2D eigenvalue weighted by atomic mass is 79.9. The van der Waals surface area contributed by atoms with E-state index in [0.717, 1.165) is 27.7 Å². The molecule has 2 aromatic rings. The Hall–Kier alpha value is -3.06. The zero-order valence-electron chi connectivity index (χ0n) is 20.7. The number of esters is 1. The van der Waals surface area contributed by atoms with E-state index in [0.29, 0.717) is 34.8 Å². The van der Waals surface area contributed by atoms with E-state index in [1.807, 2.05) is 49.4 Å².